The molecule has 4 aromatic carbocycles. The zero-order valence-corrected chi connectivity index (χ0v) is 34.1. The quantitative estimate of drug-likeness (QED) is 0.0619. The van der Waals surface area contributed by atoms with E-state index in [1.54, 1.807) is 0 Å². The summed E-state index contributed by atoms with van der Waals surface area (Å²) in [7, 11) is 0. The predicted octanol–water partition coefficient (Wildman–Crippen LogP) is 11.4. The maximum atomic E-state index is 12.5. The highest BCUT2D eigenvalue weighted by Gasteiger charge is 2.33. The van der Waals surface area contributed by atoms with E-state index < -0.39 is 6.29 Å². The molecule has 56 heavy (non-hydrogen) atoms. The normalized spacial score (nSPS) is 16.9. The van der Waals surface area contributed by atoms with E-state index in [-0.39, 0.29) is 24.8 Å². The van der Waals surface area contributed by atoms with Crippen LogP contribution in [-0.2, 0) is 29.2 Å². The van der Waals surface area contributed by atoms with Gasteiger partial charge in [0.05, 0.1) is 18.8 Å². The summed E-state index contributed by atoms with van der Waals surface area (Å²) in [6.07, 6.45) is 15.8. The molecule has 1 aliphatic rings. The van der Waals surface area contributed by atoms with Crippen LogP contribution >= 0.6 is 0 Å². The number of carbonyl (C=O) groups excluding carboxylic acids is 1. The molecule has 1 heterocycles. The zero-order chi connectivity index (χ0) is 39.2. The summed E-state index contributed by atoms with van der Waals surface area (Å²) in [5.41, 5.74) is 7.30. The van der Waals surface area contributed by atoms with Gasteiger partial charge >= 0.3 is 6.03 Å². The molecule has 1 aliphatic heterocycles. The molecule has 0 aromatic heterocycles. The van der Waals surface area contributed by atoms with Gasteiger partial charge < -0.3 is 30.1 Å². The Morgan fingerprint density at radius 2 is 1.21 bits per heavy atom. The monoisotopic (exact) mass is 762 g/mol. The van der Waals surface area contributed by atoms with Crippen LogP contribution in [0.3, 0.4) is 0 Å². The van der Waals surface area contributed by atoms with Gasteiger partial charge in [-0.05, 0) is 65.4 Å². The summed E-state index contributed by atoms with van der Waals surface area (Å²) in [4.78, 5) is 15.1. The number of benzene rings is 4. The lowest BCUT2D eigenvalue weighted by Gasteiger charge is -2.38. The van der Waals surface area contributed by atoms with Gasteiger partial charge in [0, 0.05) is 31.6 Å². The van der Waals surface area contributed by atoms with E-state index in [0.717, 1.165) is 65.0 Å². The molecule has 3 atom stereocenters. The SMILES string of the molecule is CCCCCCCCN(CCCCCCCC)C[C@H]1C[C@@H](c2ccc(CO)cc2)O[C@@H](c2ccc(-c3cccc(CNC(=O)NCc4ccccc4)c3)cc2)O1. The van der Waals surface area contributed by atoms with Gasteiger partial charge in [0.1, 0.15) is 0 Å². The first-order valence-electron chi connectivity index (χ1n) is 21.5. The molecule has 1 saturated heterocycles. The zero-order valence-electron chi connectivity index (χ0n) is 34.1. The van der Waals surface area contributed by atoms with E-state index in [9.17, 15) is 9.90 Å². The molecule has 302 valence electrons. The van der Waals surface area contributed by atoms with Gasteiger partial charge in [-0.3, -0.25) is 0 Å². The number of urea groups is 1. The Labute approximate surface area is 337 Å². The van der Waals surface area contributed by atoms with Crippen molar-refractivity contribution in [2.75, 3.05) is 19.6 Å². The maximum absolute atomic E-state index is 12.5. The van der Waals surface area contributed by atoms with Crippen LogP contribution in [0.25, 0.3) is 11.1 Å². The van der Waals surface area contributed by atoms with Crippen molar-refractivity contribution in [3.05, 3.63) is 131 Å². The molecule has 0 saturated carbocycles. The van der Waals surface area contributed by atoms with Gasteiger partial charge in [-0.15, -0.1) is 0 Å². The number of hydrogen-bond donors (Lipinski definition) is 3. The van der Waals surface area contributed by atoms with E-state index in [1.165, 1.54) is 77.0 Å². The fraction of sp³-hybridized carbons (Fsp3) is 0.490. The molecule has 4 aromatic rings. The number of amides is 2. The van der Waals surface area contributed by atoms with E-state index in [2.05, 4.69) is 77.9 Å². The van der Waals surface area contributed by atoms with Crippen LogP contribution in [0.5, 0.6) is 0 Å². The third-order valence-electron chi connectivity index (χ3n) is 10.9. The first-order valence-corrected chi connectivity index (χ1v) is 21.5. The van der Waals surface area contributed by atoms with Crippen molar-refractivity contribution in [3.8, 4) is 11.1 Å². The van der Waals surface area contributed by atoms with Gasteiger partial charge in [0.2, 0.25) is 0 Å². The lowest BCUT2D eigenvalue weighted by Crippen LogP contribution is -2.40. The Balaban J connectivity index is 1.24. The van der Waals surface area contributed by atoms with Crippen molar-refractivity contribution in [3.63, 3.8) is 0 Å². The van der Waals surface area contributed by atoms with Crippen LogP contribution in [0.4, 0.5) is 4.79 Å². The summed E-state index contributed by atoms with van der Waals surface area (Å²) < 4.78 is 13.6. The van der Waals surface area contributed by atoms with Crippen LogP contribution in [0, 0.1) is 0 Å². The van der Waals surface area contributed by atoms with Crippen LogP contribution in [0.1, 0.15) is 138 Å². The molecule has 0 radical (unpaired) electrons. The minimum atomic E-state index is -0.486. The van der Waals surface area contributed by atoms with Crippen LogP contribution < -0.4 is 10.6 Å². The number of nitrogens with zero attached hydrogens (tertiary/aromatic N) is 1. The lowest BCUT2D eigenvalue weighted by molar-refractivity contribution is -0.253. The van der Waals surface area contributed by atoms with Gasteiger partial charge in [-0.25, -0.2) is 4.79 Å². The summed E-state index contributed by atoms with van der Waals surface area (Å²) in [6.45, 7) is 8.65. The number of carbonyl (C=O) groups is 1. The fourth-order valence-electron chi connectivity index (χ4n) is 7.56. The highest BCUT2D eigenvalue weighted by Crippen LogP contribution is 2.39. The number of hydrogen-bond acceptors (Lipinski definition) is 5. The second-order valence-corrected chi connectivity index (χ2v) is 15.5. The second-order valence-electron chi connectivity index (χ2n) is 15.5. The van der Waals surface area contributed by atoms with E-state index in [0.29, 0.717) is 13.1 Å². The maximum Gasteiger partial charge on any atom is 0.315 e. The Morgan fingerprint density at radius 1 is 0.625 bits per heavy atom. The van der Waals surface area contributed by atoms with Crippen molar-refractivity contribution in [2.45, 2.75) is 136 Å². The second kappa shape index (κ2) is 24.6. The topological polar surface area (TPSA) is 83.1 Å². The Morgan fingerprint density at radius 3 is 1.86 bits per heavy atom. The standard InChI is InChI=1S/C49H67N3O4/c1-3-5-7-9-11-16-31-52(32-17-12-10-8-6-4-2)37-46-34-47(43-25-23-40(38-53)24-26-43)56-48(55-46)44-29-27-42(28-30-44)45-22-18-21-41(33-45)36-51-49(54)50-35-39-19-14-13-15-20-39/h13-15,18-30,33,46-48,53H,3-12,16-17,31-32,34-38H2,1-2H3,(H2,50,51,54)/t46-,47+,48+/m1/s1. The molecular weight excluding hydrogens is 695 g/mol. The van der Waals surface area contributed by atoms with Gasteiger partial charge in [0.25, 0.3) is 0 Å². The van der Waals surface area contributed by atoms with E-state index >= 15 is 0 Å². The molecule has 0 aliphatic carbocycles. The first-order chi connectivity index (χ1) is 27.5. The molecule has 0 bridgehead atoms. The van der Waals surface area contributed by atoms with E-state index in [4.69, 9.17) is 9.47 Å². The van der Waals surface area contributed by atoms with Crippen molar-refractivity contribution >= 4 is 6.03 Å². The number of aliphatic hydroxyl groups is 1. The van der Waals surface area contributed by atoms with E-state index in [1.807, 2.05) is 54.6 Å². The summed E-state index contributed by atoms with van der Waals surface area (Å²) in [6, 6.07) is 34.7. The molecule has 0 unspecified atom stereocenters. The van der Waals surface area contributed by atoms with Gasteiger partial charge in [-0.2, -0.15) is 0 Å². The minimum Gasteiger partial charge on any atom is -0.392 e. The predicted molar refractivity (Wildman–Crippen MR) is 229 cm³/mol. The Hall–Kier alpha value is -4.01. The number of rotatable bonds is 24. The fourth-order valence-corrected chi connectivity index (χ4v) is 7.56. The first kappa shape index (κ1) is 43.1. The van der Waals surface area contributed by atoms with Gasteiger partial charge in [0.15, 0.2) is 6.29 Å². The molecule has 7 nitrogen and oxygen atoms in total. The molecule has 5 rings (SSSR count). The van der Waals surface area contributed by atoms with Crippen LogP contribution in [0.2, 0.25) is 0 Å². The summed E-state index contributed by atoms with van der Waals surface area (Å²) >= 11 is 0. The Bertz CT molecular complexity index is 1650. The van der Waals surface area contributed by atoms with Gasteiger partial charge in [-0.1, -0.05) is 175 Å². The third kappa shape index (κ3) is 14.8. The molecule has 3 N–H and O–H groups in total. The number of unbranched alkanes of at least 4 members (excludes halogenated alkanes) is 10. The lowest BCUT2D eigenvalue weighted by atomic mass is 9.98. The van der Waals surface area contributed by atoms with Crippen molar-refractivity contribution in [2.24, 2.45) is 0 Å². The highest BCUT2D eigenvalue weighted by atomic mass is 16.7. The van der Waals surface area contributed by atoms with Crippen LogP contribution in [-0.4, -0.2) is 41.8 Å². The molecule has 0 spiro atoms. The largest absolute Gasteiger partial charge is 0.392 e. The molecule has 1 fully saturated rings. The molecule has 2 amide bonds. The summed E-state index contributed by atoms with van der Waals surface area (Å²) in [5, 5.41) is 15.6. The van der Waals surface area contributed by atoms with Crippen molar-refractivity contribution < 1.29 is 19.4 Å². The third-order valence-corrected chi connectivity index (χ3v) is 10.9. The minimum absolute atomic E-state index is 0.0296. The van der Waals surface area contributed by atoms with Crippen LogP contribution in [0.15, 0.2) is 103 Å². The smallest absolute Gasteiger partial charge is 0.315 e. The average Bonchev–Trinajstić information content (AvgIpc) is 3.25. The number of ether oxygens (including phenoxy) is 2. The number of nitrogens with one attached hydrogen (secondary N) is 2. The Kier molecular flexibility index (Phi) is 18.9. The molecule has 7 heteroatoms. The number of aliphatic hydroxyl groups excluding tert-OH is 1. The summed E-state index contributed by atoms with van der Waals surface area (Å²) in [5.74, 6) is 0. The molecular formula is C49H67N3O4. The average molecular weight is 762 g/mol. The van der Waals surface area contributed by atoms with Crippen molar-refractivity contribution in [1.82, 2.24) is 15.5 Å². The highest BCUT2D eigenvalue weighted by molar-refractivity contribution is 5.74. The van der Waals surface area contributed by atoms with Crippen molar-refractivity contribution in [1.29, 1.82) is 0 Å².